The van der Waals surface area contributed by atoms with Gasteiger partial charge in [0.1, 0.15) is 12.4 Å². The molecule has 0 atom stereocenters. The lowest BCUT2D eigenvalue weighted by molar-refractivity contribution is -0.114. The third-order valence-corrected chi connectivity index (χ3v) is 5.64. The van der Waals surface area contributed by atoms with Gasteiger partial charge in [0.25, 0.3) is 0 Å². The van der Waals surface area contributed by atoms with Crippen molar-refractivity contribution in [2.75, 3.05) is 22.4 Å². The number of rotatable bonds is 5. The fraction of sp³-hybridized carbons (Fsp3) is 0.188. The van der Waals surface area contributed by atoms with Crippen LogP contribution in [-0.2, 0) is 14.8 Å². The summed E-state index contributed by atoms with van der Waals surface area (Å²) in [5.74, 6) is -1.18. The molecule has 0 saturated carbocycles. The van der Waals surface area contributed by atoms with Crippen molar-refractivity contribution in [2.45, 2.75) is 6.92 Å². The van der Waals surface area contributed by atoms with Crippen molar-refractivity contribution >= 4 is 54.8 Å². The fourth-order valence-electron chi connectivity index (χ4n) is 2.09. The Morgan fingerprint density at radius 3 is 2.52 bits per heavy atom. The Kier molecular flexibility index (Phi) is 6.08. The fourth-order valence-corrected chi connectivity index (χ4v) is 3.36. The predicted molar refractivity (Wildman–Crippen MR) is 101 cm³/mol. The predicted octanol–water partition coefficient (Wildman–Crippen LogP) is 3.95. The molecule has 25 heavy (non-hydrogen) atoms. The summed E-state index contributed by atoms with van der Waals surface area (Å²) in [7, 11) is -3.68. The second kappa shape index (κ2) is 7.72. The molecule has 1 amide bonds. The molecule has 0 spiro atoms. The summed E-state index contributed by atoms with van der Waals surface area (Å²) in [6, 6.07) is 8.68. The molecular weight excluding hydrogens is 435 g/mol. The highest BCUT2D eigenvalue weighted by Crippen LogP contribution is 2.25. The van der Waals surface area contributed by atoms with Gasteiger partial charge in [-0.1, -0.05) is 27.5 Å². The Morgan fingerprint density at radius 2 is 1.96 bits per heavy atom. The molecule has 5 nitrogen and oxygen atoms in total. The number of benzene rings is 2. The van der Waals surface area contributed by atoms with Crippen molar-refractivity contribution in [3.63, 3.8) is 0 Å². The van der Waals surface area contributed by atoms with E-state index in [0.29, 0.717) is 5.69 Å². The summed E-state index contributed by atoms with van der Waals surface area (Å²) in [6.07, 6.45) is 1.02. The van der Waals surface area contributed by atoms with Gasteiger partial charge in [-0.15, -0.1) is 0 Å². The van der Waals surface area contributed by atoms with Gasteiger partial charge >= 0.3 is 0 Å². The van der Waals surface area contributed by atoms with Crippen LogP contribution in [0.15, 0.2) is 40.9 Å². The number of sulfonamides is 1. The highest BCUT2D eigenvalue weighted by molar-refractivity contribution is 9.10. The maximum absolute atomic E-state index is 13.2. The van der Waals surface area contributed by atoms with Crippen LogP contribution in [0.5, 0.6) is 0 Å². The Hall–Kier alpha value is -1.64. The monoisotopic (exact) mass is 448 g/mol. The average Bonchev–Trinajstić information content (AvgIpc) is 2.50. The van der Waals surface area contributed by atoms with E-state index in [1.807, 2.05) is 6.92 Å². The molecule has 2 rings (SSSR count). The summed E-state index contributed by atoms with van der Waals surface area (Å²) in [4.78, 5) is 12.2. The van der Waals surface area contributed by atoms with Gasteiger partial charge < -0.3 is 5.32 Å². The zero-order valence-electron chi connectivity index (χ0n) is 13.4. The lowest BCUT2D eigenvalue weighted by Gasteiger charge is -2.22. The Labute approximate surface area is 159 Å². The highest BCUT2D eigenvalue weighted by atomic mass is 79.9. The number of carbonyl (C=O) groups is 1. The summed E-state index contributed by atoms with van der Waals surface area (Å²) < 4.78 is 39.1. The third kappa shape index (κ3) is 5.17. The van der Waals surface area contributed by atoms with Crippen LogP contribution in [0.4, 0.5) is 15.8 Å². The first-order chi connectivity index (χ1) is 11.6. The molecule has 0 aliphatic carbocycles. The minimum atomic E-state index is -3.68. The van der Waals surface area contributed by atoms with E-state index >= 15 is 0 Å². The number of hydrogen-bond acceptors (Lipinski definition) is 3. The summed E-state index contributed by atoms with van der Waals surface area (Å²) in [5.41, 5.74) is 1.48. The number of halogens is 3. The normalized spacial score (nSPS) is 11.2. The van der Waals surface area contributed by atoms with Crippen LogP contribution in [0, 0.1) is 12.7 Å². The number of aryl methyl sites for hydroxylation is 1. The molecule has 0 radical (unpaired) electrons. The number of amides is 1. The van der Waals surface area contributed by atoms with E-state index in [1.165, 1.54) is 12.1 Å². The summed E-state index contributed by atoms with van der Waals surface area (Å²) in [6.45, 7) is 1.39. The quantitative estimate of drug-likeness (QED) is 0.751. The Morgan fingerprint density at radius 1 is 1.28 bits per heavy atom. The standard InChI is InChI=1S/C16H15BrClFN2O3S/c1-10-7-12(4-5-13(10)17)21(25(2,23)24)9-16(22)20-11-3-6-15(19)14(18)8-11/h3-8H,9H2,1-2H3,(H,20,22). The van der Waals surface area contributed by atoms with E-state index in [1.54, 1.807) is 18.2 Å². The van der Waals surface area contributed by atoms with Gasteiger partial charge in [0.2, 0.25) is 15.9 Å². The van der Waals surface area contributed by atoms with Crippen LogP contribution in [0.1, 0.15) is 5.56 Å². The molecule has 9 heteroatoms. The molecule has 0 heterocycles. The van der Waals surface area contributed by atoms with Gasteiger partial charge in [-0.3, -0.25) is 9.10 Å². The zero-order valence-corrected chi connectivity index (χ0v) is 16.5. The van der Waals surface area contributed by atoms with Crippen molar-refractivity contribution in [1.82, 2.24) is 0 Å². The van der Waals surface area contributed by atoms with Gasteiger partial charge in [0, 0.05) is 10.2 Å². The van der Waals surface area contributed by atoms with E-state index in [4.69, 9.17) is 11.6 Å². The molecular formula is C16H15BrClFN2O3S. The maximum atomic E-state index is 13.2. The second-order valence-electron chi connectivity index (χ2n) is 5.38. The van der Waals surface area contributed by atoms with E-state index in [9.17, 15) is 17.6 Å². The van der Waals surface area contributed by atoms with Crippen LogP contribution in [0.25, 0.3) is 0 Å². The van der Waals surface area contributed by atoms with Crippen molar-refractivity contribution in [3.8, 4) is 0 Å². The van der Waals surface area contributed by atoms with Crippen molar-refractivity contribution < 1.29 is 17.6 Å². The number of nitrogens with zero attached hydrogens (tertiary/aromatic N) is 1. The molecule has 2 aromatic rings. The Bertz CT molecular complexity index is 922. The molecule has 0 bridgehead atoms. The number of nitrogens with one attached hydrogen (secondary N) is 1. The zero-order chi connectivity index (χ0) is 18.8. The minimum Gasteiger partial charge on any atom is -0.324 e. The highest BCUT2D eigenvalue weighted by Gasteiger charge is 2.21. The molecule has 134 valence electrons. The van der Waals surface area contributed by atoms with Crippen LogP contribution >= 0.6 is 27.5 Å². The number of hydrogen-bond donors (Lipinski definition) is 1. The lowest BCUT2D eigenvalue weighted by Crippen LogP contribution is -2.37. The van der Waals surface area contributed by atoms with Crippen LogP contribution in [-0.4, -0.2) is 27.1 Å². The number of carbonyl (C=O) groups excluding carboxylic acids is 1. The molecule has 2 aromatic carbocycles. The van der Waals surface area contributed by atoms with Gasteiger partial charge in [-0.25, -0.2) is 12.8 Å². The van der Waals surface area contributed by atoms with Crippen LogP contribution in [0.2, 0.25) is 5.02 Å². The molecule has 1 N–H and O–H groups in total. The smallest absolute Gasteiger partial charge is 0.245 e. The molecule has 0 saturated heterocycles. The topological polar surface area (TPSA) is 66.5 Å². The first kappa shape index (κ1) is 19.7. The Balaban J connectivity index is 2.23. The van der Waals surface area contributed by atoms with Crippen LogP contribution in [0.3, 0.4) is 0 Å². The average molecular weight is 450 g/mol. The first-order valence-electron chi connectivity index (χ1n) is 7.06. The molecule has 0 unspecified atom stereocenters. The van der Waals surface area contributed by atoms with Gasteiger partial charge in [0.15, 0.2) is 0 Å². The largest absolute Gasteiger partial charge is 0.324 e. The third-order valence-electron chi connectivity index (χ3n) is 3.32. The van der Waals surface area contributed by atoms with Crippen molar-refractivity contribution in [2.24, 2.45) is 0 Å². The summed E-state index contributed by atoms with van der Waals surface area (Å²) in [5, 5.41) is 2.37. The van der Waals surface area contributed by atoms with E-state index in [0.717, 1.165) is 26.7 Å². The van der Waals surface area contributed by atoms with Crippen molar-refractivity contribution in [3.05, 3.63) is 57.3 Å². The van der Waals surface area contributed by atoms with E-state index in [-0.39, 0.29) is 10.7 Å². The molecule has 0 aliphatic rings. The van der Waals surface area contributed by atoms with Gasteiger partial charge in [-0.05, 0) is 48.9 Å². The molecule has 0 aromatic heterocycles. The number of anilines is 2. The van der Waals surface area contributed by atoms with Gasteiger partial charge in [-0.2, -0.15) is 0 Å². The lowest BCUT2D eigenvalue weighted by atomic mass is 10.2. The SMILES string of the molecule is Cc1cc(N(CC(=O)Nc2ccc(F)c(Cl)c2)S(C)(=O)=O)ccc1Br. The van der Waals surface area contributed by atoms with Crippen molar-refractivity contribution in [1.29, 1.82) is 0 Å². The first-order valence-corrected chi connectivity index (χ1v) is 10.1. The van der Waals surface area contributed by atoms with Crippen LogP contribution < -0.4 is 9.62 Å². The van der Waals surface area contributed by atoms with E-state index < -0.39 is 28.3 Å². The van der Waals surface area contributed by atoms with E-state index in [2.05, 4.69) is 21.2 Å². The molecule has 0 fully saturated rings. The molecule has 0 aliphatic heterocycles. The minimum absolute atomic E-state index is 0.138. The second-order valence-corrected chi connectivity index (χ2v) is 8.55. The summed E-state index contributed by atoms with van der Waals surface area (Å²) >= 11 is 9.01. The maximum Gasteiger partial charge on any atom is 0.245 e. The van der Waals surface area contributed by atoms with Gasteiger partial charge in [0.05, 0.1) is 17.0 Å².